The molecule has 33 heavy (non-hydrogen) atoms. The summed E-state index contributed by atoms with van der Waals surface area (Å²) in [5, 5.41) is 12.5. The Labute approximate surface area is 199 Å². The molecule has 1 amide bonds. The zero-order valence-electron chi connectivity index (χ0n) is 19.1. The first-order valence-electron chi connectivity index (χ1n) is 12.0. The number of carbonyl (C=O) groups is 1. The van der Waals surface area contributed by atoms with Crippen LogP contribution < -0.4 is 10.2 Å². The molecular weight excluding hydrogens is 430 g/mol. The summed E-state index contributed by atoms with van der Waals surface area (Å²) in [5.41, 5.74) is 3.28. The van der Waals surface area contributed by atoms with E-state index in [0.717, 1.165) is 36.3 Å². The van der Waals surface area contributed by atoms with Crippen LogP contribution in [-0.2, 0) is 11.3 Å². The summed E-state index contributed by atoms with van der Waals surface area (Å²) in [6, 6.07) is 18.6. The monoisotopic (exact) mass is 461 g/mol. The van der Waals surface area contributed by atoms with Crippen molar-refractivity contribution in [2.45, 2.75) is 61.9 Å². The molecule has 0 bridgehead atoms. The van der Waals surface area contributed by atoms with Gasteiger partial charge in [-0.2, -0.15) is 0 Å². The predicted molar refractivity (Wildman–Crippen MR) is 134 cm³/mol. The lowest BCUT2D eigenvalue weighted by Crippen LogP contribution is -2.29. The van der Waals surface area contributed by atoms with Gasteiger partial charge >= 0.3 is 0 Å². The number of aromatic nitrogens is 3. The van der Waals surface area contributed by atoms with Gasteiger partial charge in [0.15, 0.2) is 5.16 Å². The Morgan fingerprint density at radius 3 is 2.45 bits per heavy atom. The zero-order chi connectivity index (χ0) is 22.6. The summed E-state index contributed by atoms with van der Waals surface area (Å²) >= 11 is 1.48. The van der Waals surface area contributed by atoms with Gasteiger partial charge in [-0.25, -0.2) is 0 Å². The van der Waals surface area contributed by atoms with Crippen molar-refractivity contribution in [1.82, 2.24) is 14.8 Å². The van der Waals surface area contributed by atoms with Crippen LogP contribution in [0.15, 0.2) is 59.8 Å². The molecule has 1 N–H and O–H groups in total. The third-order valence-electron chi connectivity index (χ3n) is 6.38. The van der Waals surface area contributed by atoms with E-state index in [-0.39, 0.29) is 11.2 Å². The smallest absolute Gasteiger partial charge is 0.237 e. The summed E-state index contributed by atoms with van der Waals surface area (Å²) < 4.78 is 2.19. The van der Waals surface area contributed by atoms with E-state index in [2.05, 4.69) is 61.4 Å². The molecule has 2 fully saturated rings. The van der Waals surface area contributed by atoms with Crippen molar-refractivity contribution in [3.8, 4) is 0 Å². The number of hydrogen-bond donors (Lipinski definition) is 1. The van der Waals surface area contributed by atoms with Gasteiger partial charge < -0.3 is 14.8 Å². The van der Waals surface area contributed by atoms with E-state index in [1.165, 1.54) is 55.1 Å². The van der Waals surface area contributed by atoms with Gasteiger partial charge in [0.1, 0.15) is 5.82 Å². The molecule has 1 saturated carbocycles. The highest BCUT2D eigenvalue weighted by molar-refractivity contribution is 8.00. The van der Waals surface area contributed by atoms with Crippen molar-refractivity contribution in [3.05, 3.63) is 66.0 Å². The lowest BCUT2D eigenvalue weighted by atomic mass is 10.1. The van der Waals surface area contributed by atoms with E-state index in [1.54, 1.807) is 0 Å². The molecule has 0 radical (unpaired) electrons. The molecule has 2 aromatic carbocycles. The Kier molecular flexibility index (Phi) is 6.67. The van der Waals surface area contributed by atoms with E-state index in [1.807, 2.05) is 25.1 Å². The highest BCUT2D eigenvalue weighted by atomic mass is 32.2. The number of nitrogens with zero attached hydrogens (tertiary/aromatic N) is 4. The normalized spacial score (nSPS) is 17.1. The average Bonchev–Trinajstić information content (AvgIpc) is 3.63. The van der Waals surface area contributed by atoms with Crippen LogP contribution in [0.5, 0.6) is 0 Å². The molecule has 3 aromatic rings. The Hall–Kier alpha value is -2.80. The number of piperidine rings is 1. The summed E-state index contributed by atoms with van der Waals surface area (Å²) in [4.78, 5) is 15.3. The fraction of sp³-hybridized carbons (Fsp3) is 0.423. The Morgan fingerprint density at radius 1 is 1.03 bits per heavy atom. The van der Waals surface area contributed by atoms with Gasteiger partial charge in [0, 0.05) is 30.4 Å². The third kappa shape index (κ3) is 5.41. The minimum absolute atomic E-state index is 0.0204. The molecule has 1 atom stereocenters. The van der Waals surface area contributed by atoms with Gasteiger partial charge in [-0.1, -0.05) is 42.1 Å². The number of rotatable bonds is 8. The Balaban J connectivity index is 1.24. The average molecular weight is 462 g/mol. The topological polar surface area (TPSA) is 63.1 Å². The van der Waals surface area contributed by atoms with Crippen LogP contribution in [0.3, 0.4) is 0 Å². The van der Waals surface area contributed by atoms with Crippen molar-refractivity contribution in [3.63, 3.8) is 0 Å². The molecule has 1 aromatic heterocycles. The van der Waals surface area contributed by atoms with E-state index < -0.39 is 0 Å². The molecule has 1 aliphatic carbocycles. The van der Waals surface area contributed by atoms with Crippen LogP contribution in [0.25, 0.3) is 0 Å². The van der Waals surface area contributed by atoms with Crippen LogP contribution in [0.2, 0.25) is 0 Å². The number of anilines is 2. The molecule has 1 saturated heterocycles. The molecule has 2 heterocycles. The second-order valence-electron chi connectivity index (χ2n) is 9.03. The van der Waals surface area contributed by atoms with E-state index in [0.29, 0.717) is 5.92 Å². The van der Waals surface area contributed by atoms with E-state index in [9.17, 15) is 4.79 Å². The molecule has 6 nitrogen and oxygen atoms in total. The molecule has 0 spiro atoms. The first-order valence-corrected chi connectivity index (χ1v) is 12.8. The summed E-state index contributed by atoms with van der Waals surface area (Å²) in [5.74, 6) is 1.52. The maximum Gasteiger partial charge on any atom is 0.237 e. The molecule has 172 valence electrons. The highest BCUT2D eigenvalue weighted by Gasteiger charge is 2.31. The SMILES string of the molecule is CC(Sc1nnc(C2CC2)n1Cc1ccccc1)C(=O)Nc1ccc(N2CCCCC2)cc1. The molecule has 7 heteroatoms. The minimum Gasteiger partial charge on any atom is -0.372 e. The van der Waals surface area contributed by atoms with Crippen LogP contribution in [0.1, 0.15) is 56.3 Å². The second-order valence-corrected chi connectivity index (χ2v) is 10.3. The number of thioether (sulfide) groups is 1. The van der Waals surface area contributed by atoms with Crippen molar-refractivity contribution in [2.24, 2.45) is 0 Å². The lowest BCUT2D eigenvalue weighted by Gasteiger charge is -2.28. The predicted octanol–water partition coefficient (Wildman–Crippen LogP) is 5.31. The van der Waals surface area contributed by atoms with Crippen LogP contribution in [0.4, 0.5) is 11.4 Å². The number of amides is 1. The molecule has 5 rings (SSSR count). The fourth-order valence-electron chi connectivity index (χ4n) is 4.31. The first-order chi connectivity index (χ1) is 16.2. The standard InChI is InChI=1S/C26H31N5OS/c1-19(25(32)27-22-12-14-23(15-13-22)30-16-6-3-7-17-30)33-26-29-28-24(21-10-11-21)31(26)18-20-8-4-2-5-9-20/h2,4-5,8-9,12-15,19,21H,3,6-7,10-11,16-18H2,1H3,(H,27,32). The Bertz CT molecular complexity index is 1070. The van der Waals surface area contributed by atoms with Gasteiger partial charge in [0.2, 0.25) is 5.91 Å². The number of nitrogens with one attached hydrogen (secondary N) is 1. The number of benzene rings is 2. The number of hydrogen-bond acceptors (Lipinski definition) is 5. The van der Waals surface area contributed by atoms with Crippen LogP contribution in [-0.4, -0.2) is 39.0 Å². The van der Waals surface area contributed by atoms with Gasteiger partial charge in [0.25, 0.3) is 0 Å². The van der Waals surface area contributed by atoms with Crippen LogP contribution in [0, 0.1) is 0 Å². The lowest BCUT2D eigenvalue weighted by molar-refractivity contribution is -0.115. The van der Waals surface area contributed by atoms with E-state index in [4.69, 9.17) is 0 Å². The van der Waals surface area contributed by atoms with Crippen molar-refractivity contribution in [2.75, 3.05) is 23.3 Å². The molecule has 1 unspecified atom stereocenters. The third-order valence-corrected chi connectivity index (χ3v) is 7.46. The maximum absolute atomic E-state index is 12.9. The van der Waals surface area contributed by atoms with Gasteiger partial charge in [-0.05, 0) is 68.9 Å². The van der Waals surface area contributed by atoms with Crippen molar-refractivity contribution in [1.29, 1.82) is 0 Å². The first kappa shape index (κ1) is 22.0. The van der Waals surface area contributed by atoms with Gasteiger partial charge in [-0.3, -0.25) is 4.79 Å². The summed E-state index contributed by atoms with van der Waals surface area (Å²) in [6.45, 7) is 4.90. The van der Waals surface area contributed by atoms with Crippen molar-refractivity contribution >= 4 is 29.0 Å². The molecule has 2 aliphatic rings. The quantitative estimate of drug-likeness (QED) is 0.461. The zero-order valence-corrected chi connectivity index (χ0v) is 19.9. The van der Waals surface area contributed by atoms with Crippen LogP contribution >= 0.6 is 11.8 Å². The summed E-state index contributed by atoms with van der Waals surface area (Å²) in [6.07, 6.45) is 6.17. The highest BCUT2D eigenvalue weighted by Crippen LogP contribution is 2.40. The molecule has 1 aliphatic heterocycles. The maximum atomic E-state index is 12.9. The van der Waals surface area contributed by atoms with E-state index >= 15 is 0 Å². The van der Waals surface area contributed by atoms with Gasteiger partial charge in [0.05, 0.1) is 11.8 Å². The number of carbonyl (C=O) groups excluding carboxylic acids is 1. The largest absolute Gasteiger partial charge is 0.372 e. The fourth-order valence-corrected chi connectivity index (χ4v) is 5.16. The van der Waals surface area contributed by atoms with Crippen molar-refractivity contribution < 1.29 is 4.79 Å². The second kappa shape index (κ2) is 10.00. The van der Waals surface area contributed by atoms with Gasteiger partial charge in [-0.15, -0.1) is 10.2 Å². The minimum atomic E-state index is -0.280. The Morgan fingerprint density at radius 2 is 1.76 bits per heavy atom. The molecular formula is C26H31N5OS. The summed E-state index contributed by atoms with van der Waals surface area (Å²) in [7, 11) is 0.